The molecular weight excluding hydrogens is 338 g/mol. The molecule has 0 aromatic carbocycles. The summed E-state index contributed by atoms with van der Waals surface area (Å²) in [4.78, 5) is 36.1. The molecule has 26 heavy (non-hydrogen) atoms. The van der Waals surface area contributed by atoms with E-state index < -0.39 is 0 Å². The molecule has 154 valence electrons. The zero-order chi connectivity index (χ0) is 20.4. The summed E-state index contributed by atoms with van der Waals surface area (Å²) in [5.41, 5.74) is 0. The molecule has 0 spiro atoms. The first-order valence-electron chi connectivity index (χ1n) is 9.44. The summed E-state index contributed by atoms with van der Waals surface area (Å²) < 4.78 is 10.00. The van der Waals surface area contributed by atoms with Gasteiger partial charge < -0.3 is 14.3 Å². The molecule has 0 saturated carbocycles. The molecular formula is C19H37NO6. The Labute approximate surface area is 158 Å². The van der Waals surface area contributed by atoms with E-state index in [1.807, 2.05) is 0 Å². The van der Waals surface area contributed by atoms with Crippen LogP contribution in [0.5, 0.6) is 0 Å². The first-order chi connectivity index (χ1) is 12.2. The van der Waals surface area contributed by atoms with Crippen molar-refractivity contribution < 1.29 is 23.9 Å². The lowest BCUT2D eigenvalue weighted by molar-refractivity contribution is -0.150. The Kier molecular flexibility index (Phi) is 18.5. The van der Waals surface area contributed by atoms with Gasteiger partial charge in [0, 0.05) is 0 Å². The van der Waals surface area contributed by atoms with Gasteiger partial charge in [0.15, 0.2) is 5.34 Å². The molecule has 0 aliphatic heterocycles. The molecule has 7 nitrogen and oxygen atoms in total. The number of nitrogens with zero attached hydrogens (tertiary/aromatic N) is 1. The topological polar surface area (TPSA) is 91.3 Å². The largest absolute Gasteiger partial charge is 0.466 e. The van der Waals surface area contributed by atoms with E-state index in [-0.39, 0.29) is 24.8 Å². The van der Waals surface area contributed by atoms with Crippen LogP contribution >= 0.6 is 0 Å². The summed E-state index contributed by atoms with van der Waals surface area (Å²) >= 11 is 0. The van der Waals surface area contributed by atoms with Gasteiger partial charge in [-0.25, -0.2) is 0 Å². The monoisotopic (exact) mass is 375 g/mol. The zero-order valence-corrected chi connectivity index (χ0v) is 17.3. The van der Waals surface area contributed by atoms with Gasteiger partial charge in [0.25, 0.3) is 0 Å². The third-order valence-corrected chi connectivity index (χ3v) is 3.29. The second-order valence-corrected chi connectivity index (χ2v) is 7.40. The predicted molar refractivity (Wildman–Crippen MR) is 101 cm³/mol. The Morgan fingerprint density at radius 3 is 1.35 bits per heavy atom. The van der Waals surface area contributed by atoms with Crippen molar-refractivity contribution in [3.05, 3.63) is 4.91 Å². The second kappa shape index (κ2) is 18.1. The van der Waals surface area contributed by atoms with Crippen molar-refractivity contribution in [2.75, 3.05) is 19.8 Å². The molecule has 0 fully saturated rings. The standard InChI is InChI=1S/C14H26O4.C5H11NO2/c1-11(2)7-9-17-13(15)5-6-14(16)18-10-8-12(3)4;1-5(2)3-4-8-6-7/h11-12H,5-10H2,1-4H3;5H,3-4H2,1-2H3. The minimum atomic E-state index is -0.323. The van der Waals surface area contributed by atoms with Gasteiger partial charge in [0.2, 0.25) is 0 Å². The van der Waals surface area contributed by atoms with Crippen molar-refractivity contribution in [3.8, 4) is 0 Å². The predicted octanol–water partition coefficient (Wildman–Crippen LogP) is 4.68. The average Bonchev–Trinajstić information content (AvgIpc) is 2.53. The van der Waals surface area contributed by atoms with Crippen LogP contribution in [-0.4, -0.2) is 31.8 Å². The molecule has 7 heteroatoms. The zero-order valence-electron chi connectivity index (χ0n) is 17.3. The minimum absolute atomic E-state index is 0.110. The summed E-state index contributed by atoms with van der Waals surface area (Å²) in [6, 6.07) is 0. The van der Waals surface area contributed by atoms with E-state index in [0.717, 1.165) is 19.3 Å². The van der Waals surface area contributed by atoms with Gasteiger partial charge >= 0.3 is 11.9 Å². The van der Waals surface area contributed by atoms with E-state index in [1.165, 1.54) is 0 Å². The third-order valence-electron chi connectivity index (χ3n) is 3.29. The number of hydrogen-bond acceptors (Lipinski definition) is 7. The van der Waals surface area contributed by atoms with Crippen LogP contribution in [-0.2, 0) is 23.9 Å². The lowest BCUT2D eigenvalue weighted by Crippen LogP contribution is -2.12. The third kappa shape index (κ3) is 24.6. The molecule has 0 unspecified atom stereocenters. The molecule has 0 aromatic heterocycles. The summed E-state index contributed by atoms with van der Waals surface area (Å²) in [7, 11) is 0. The van der Waals surface area contributed by atoms with Crippen LogP contribution < -0.4 is 0 Å². The van der Waals surface area contributed by atoms with E-state index in [9.17, 15) is 14.5 Å². The van der Waals surface area contributed by atoms with Crippen molar-refractivity contribution in [1.82, 2.24) is 0 Å². The minimum Gasteiger partial charge on any atom is -0.466 e. The van der Waals surface area contributed by atoms with Crippen LogP contribution in [0.3, 0.4) is 0 Å². The van der Waals surface area contributed by atoms with E-state index in [1.54, 1.807) is 0 Å². The van der Waals surface area contributed by atoms with Gasteiger partial charge in [-0.15, -0.1) is 4.91 Å². The van der Waals surface area contributed by atoms with Crippen molar-refractivity contribution >= 4 is 11.9 Å². The van der Waals surface area contributed by atoms with Crippen molar-refractivity contribution in [1.29, 1.82) is 0 Å². The number of ether oxygens (including phenoxy) is 2. The molecule has 0 atom stereocenters. The van der Waals surface area contributed by atoms with Gasteiger partial charge in [-0.05, 0) is 37.0 Å². The Hall–Kier alpha value is -1.66. The molecule has 0 amide bonds. The van der Waals surface area contributed by atoms with Gasteiger partial charge in [-0.2, -0.15) is 0 Å². The molecule has 0 saturated heterocycles. The SMILES string of the molecule is CC(C)CCOC(=O)CCC(=O)OCCC(C)C.CC(C)CCON=O. The summed E-state index contributed by atoms with van der Waals surface area (Å²) in [6.07, 6.45) is 2.82. The Balaban J connectivity index is 0. The van der Waals surface area contributed by atoms with Crippen LogP contribution in [0.2, 0.25) is 0 Å². The van der Waals surface area contributed by atoms with Gasteiger partial charge in [-0.3, -0.25) is 9.59 Å². The lowest BCUT2D eigenvalue weighted by atomic mass is 10.1. The van der Waals surface area contributed by atoms with E-state index in [2.05, 4.69) is 51.7 Å². The lowest BCUT2D eigenvalue weighted by Gasteiger charge is -2.08. The Bertz CT molecular complexity index is 343. The first kappa shape index (κ1) is 26.6. The highest BCUT2D eigenvalue weighted by molar-refractivity contribution is 5.77. The molecule has 0 heterocycles. The highest BCUT2D eigenvalue weighted by atomic mass is 16.7. The molecule has 0 aliphatic carbocycles. The maximum atomic E-state index is 11.3. The quantitative estimate of drug-likeness (QED) is 0.201. The number of esters is 2. The van der Waals surface area contributed by atoms with Crippen molar-refractivity contribution in [3.63, 3.8) is 0 Å². The maximum absolute atomic E-state index is 11.3. The highest BCUT2D eigenvalue weighted by Gasteiger charge is 2.09. The van der Waals surface area contributed by atoms with Gasteiger partial charge in [0.05, 0.1) is 26.1 Å². The summed E-state index contributed by atoms with van der Waals surface area (Å²) in [5, 5.41) is 2.26. The fourth-order valence-electron chi connectivity index (χ4n) is 1.49. The normalized spacial score (nSPS) is 10.3. The fraction of sp³-hybridized carbons (Fsp3) is 0.895. The number of rotatable bonds is 13. The fourth-order valence-corrected chi connectivity index (χ4v) is 1.49. The summed E-state index contributed by atoms with van der Waals surface area (Å²) in [5.74, 6) is 0.960. The maximum Gasteiger partial charge on any atom is 0.306 e. The van der Waals surface area contributed by atoms with Crippen molar-refractivity contribution in [2.24, 2.45) is 23.1 Å². The molecule has 0 rings (SSSR count). The van der Waals surface area contributed by atoms with E-state index >= 15 is 0 Å². The molecule has 0 aliphatic rings. The van der Waals surface area contributed by atoms with Crippen LogP contribution in [0, 0.1) is 22.7 Å². The molecule has 0 aromatic rings. The molecule has 0 N–H and O–H groups in total. The molecule has 0 radical (unpaired) electrons. The van der Waals surface area contributed by atoms with E-state index in [0.29, 0.717) is 37.6 Å². The van der Waals surface area contributed by atoms with E-state index in [4.69, 9.17) is 9.47 Å². The Morgan fingerprint density at radius 1 is 0.692 bits per heavy atom. The number of carbonyl (C=O) groups excluding carboxylic acids is 2. The van der Waals surface area contributed by atoms with Crippen LogP contribution in [0.25, 0.3) is 0 Å². The average molecular weight is 376 g/mol. The number of hydrogen-bond donors (Lipinski definition) is 0. The van der Waals surface area contributed by atoms with Crippen LogP contribution in [0.4, 0.5) is 0 Å². The highest BCUT2D eigenvalue weighted by Crippen LogP contribution is 2.03. The van der Waals surface area contributed by atoms with Crippen LogP contribution in [0.15, 0.2) is 5.34 Å². The molecule has 0 bridgehead atoms. The van der Waals surface area contributed by atoms with Crippen molar-refractivity contribution in [2.45, 2.75) is 73.6 Å². The van der Waals surface area contributed by atoms with Gasteiger partial charge in [-0.1, -0.05) is 41.5 Å². The summed E-state index contributed by atoms with van der Waals surface area (Å²) in [6.45, 7) is 13.7. The van der Waals surface area contributed by atoms with Crippen LogP contribution in [0.1, 0.15) is 73.6 Å². The Morgan fingerprint density at radius 2 is 1.04 bits per heavy atom. The smallest absolute Gasteiger partial charge is 0.306 e. The first-order valence-corrected chi connectivity index (χ1v) is 9.44. The second-order valence-electron chi connectivity index (χ2n) is 7.40. The van der Waals surface area contributed by atoms with Gasteiger partial charge in [0.1, 0.15) is 6.61 Å². The number of carbonyl (C=O) groups is 2.